The number of para-hydroxylation sites is 6. The van der Waals surface area contributed by atoms with Crippen molar-refractivity contribution in [3.63, 3.8) is 0 Å². The van der Waals surface area contributed by atoms with E-state index in [9.17, 15) is 0 Å². The Morgan fingerprint density at radius 1 is 0.185 bits per heavy atom. The third kappa shape index (κ3) is 12.0. The molecule has 26 rings (SSSR count). The van der Waals surface area contributed by atoms with Gasteiger partial charge in [-0.1, -0.05) is 349 Å². The molecule has 0 fully saturated rings. The van der Waals surface area contributed by atoms with Crippen molar-refractivity contribution in [2.75, 3.05) is 9.80 Å². The van der Waals surface area contributed by atoms with Gasteiger partial charge in [-0.25, -0.2) is 0 Å². The fourth-order valence-electron chi connectivity index (χ4n) is 22.3. The number of benzene rings is 22. The molecule has 0 saturated heterocycles. The molecule has 22 aromatic carbocycles. The molecule has 0 aliphatic heterocycles. The average Bonchev–Trinajstić information content (AvgIpc) is 0.829. The normalized spacial score (nSPS) is 12.9. The van der Waals surface area contributed by atoms with E-state index in [2.05, 4.69) is 508 Å². The van der Waals surface area contributed by atoms with Gasteiger partial charge in [-0.15, -0.1) is 0 Å². The average molecular weight is 1660 g/mol. The first-order chi connectivity index (χ1) is 64.0. The van der Waals surface area contributed by atoms with Crippen molar-refractivity contribution in [1.82, 2.24) is 9.13 Å². The van der Waals surface area contributed by atoms with Crippen molar-refractivity contribution < 1.29 is 0 Å². The molecule has 0 radical (unpaired) electrons. The van der Waals surface area contributed by atoms with Crippen LogP contribution in [0.1, 0.15) is 49.9 Å². The maximum absolute atomic E-state index is 2.50. The number of fused-ring (bicyclic) bond motifs is 18. The third-order valence-electron chi connectivity index (χ3n) is 28.3. The highest BCUT2D eigenvalue weighted by Gasteiger charge is 2.38. The Kier molecular flexibility index (Phi) is 17.7. The second-order valence-electron chi connectivity index (χ2n) is 36.1. The van der Waals surface area contributed by atoms with Crippen molar-refractivity contribution in [3.05, 3.63) is 483 Å². The standard InChI is InChI=1S/C68H50N2.C58H38N2/c1-67(2)59-26-14-10-20-49(59)51-37-30-43(40-61(51)67)65-55-24-8-9-25-56(55)66(44-31-38-52-50-21-11-15-27-60(50)68(3,4)62(52)41-44)58-42-48(36-39-57(58)65)69(45-18-6-5-7-19-45)46-32-34-47(35-33-46)70-63-28-16-12-22-53(63)54-23-13-17-29-64(54)70;1-2-19-45(20-3-1)59(46-33-35-47(36-34-46)60-53-26-12-10-21-48(53)49-22-11-13-27-54(49)60)55-28-14-25-52-56(43-31-29-39-15-4-6-17-41(39)37-43)50-23-8-9-24-51(50)57(58(52)55)44-32-30-40-16-5-7-18-42(40)38-44/h5-42H,1-4H3;1-38H. The largest absolute Gasteiger partial charge is 0.310 e. The van der Waals surface area contributed by atoms with Gasteiger partial charge in [0, 0.05) is 77.6 Å². The predicted octanol–water partition coefficient (Wildman–Crippen LogP) is 34.7. The molecular weight excluding hydrogens is 1570 g/mol. The van der Waals surface area contributed by atoms with Crippen molar-refractivity contribution in [2.24, 2.45) is 0 Å². The van der Waals surface area contributed by atoms with Crippen LogP contribution in [0, 0.1) is 0 Å². The van der Waals surface area contributed by atoms with E-state index >= 15 is 0 Å². The van der Waals surface area contributed by atoms with Crippen molar-refractivity contribution >= 4 is 142 Å². The van der Waals surface area contributed by atoms with Crippen LogP contribution in [-0.2, 0) is 10.8 Å². The summed E-state index contributed by atoms with van der Waals surface area (Å²) in [5.41, 5.74) is 34.2. The van der Waals surface area contributed by atoms with Crippen molar-refractivity contribution in [1.29, 1.82) is 0 Å². The van der Waals surface area contributed by atoms with Gasteiger partial charge in [0.1, 0.15) is 0 Å². The summed E-state index contributed by atoms with van der Waals surface area (Å²) in [7, 11) is 0. The van der Waals surface area contributed by atoms with Crippen LogP contribution in [0.2, 0.25) is 0 Å². The molecule has 0 unspecified atom stereocenters. The molecule has 130 heavy (non-hydrogen) atoms. The molecule has 2 aliphatic rings. The Hall–Kier alpha value is -16.4. The summed E-state index contributed by atoms with van der Waals surface area (Å²) in [6.45, 7) is 9.54. The van der Waals surface area contributed by atoms with Crippen LogP contribution < -0.4 is 9.80 Å². The summed E-state index contributed by atoms with van der Waals surface area (Å²) in [5, 5.41) is 19.8. The number of hydrogen-bond donors (Lipinski definition) is 0. The summed E-state index contributed by atoms with van der Waals surface area (Å²) < 4.78 is 4.78. The Balaban J connectivity index is 0.000000142. The lowest BCUT2D eigenvalue weighted by Crippen LogP contribution is -2.15. The molecule has 2 heterocycles. The van der Waals surface area contributed by atoms with Gasteiger partial charge in [0.05, 0.1) is 27.8 Å². The van der Waals surface area contributed by atoms with E-state index in [1.54, 1.807) is 0 Å². The summed E-state index contributed by atoms with van der Waals surface area (Å²) in [6.07, 6.45) is 0. The lowest BCUT2D eigenvalue weighted by Gasteiger charge is -2.29. The second kappa shape index (κ2) is 30.2. The van der Waals surface area contributed by atoms with Crippen LogP contribution in [0.5, 0.6) is 0 Å². The van der Waals surface area contributed by atoms with E-state index in [4.69, 9.17) is 0 Å². The third-order valence-corrected chi connectivity index (χ3v) is 28.3. The lowest BCUT2D eigenvalue weighted by molar-refractivity contribution is 0.660. The minimum absolute atomic E-state index is 0.122. The number of rotatable bonds is 12. The van der Waals surface area contributed by atoms with E-state index < -0.39 is 0 Å². The van der Waals surface area contributed by atoms with Crippen molar-refractivity contribution in [2.45, 2.75) is 38.5 Å². The predicted molar refractivity (Wildman–Crippen MR) is 553 cm³/mol. The van der Waals surface area contributed by atoms with Gasteiger partial charge in [-0.3, -0.25) is 0 Å². The minimum atomic E-state index is -0.136. The topological polar surface area (TPSA) is 16.3 Å². The highest BCUT2D eigenvalue weighted by Crippen LogP contribution is 2.57. The van der Waals surface area contributed by atoms with Gasteiger partial charge in [-0.05, 0) is 288 Å². The van der Waals surface area contributed by atoms with Crippen LogP contribution in [0.3, 0.4) is 0 Å². The SMILES string of the molecule is CC1(C)c2ccccc2-c2ccc(-c3c4ccccc4c(-c4ccc5c(c4)C(C)(C)c4ccccc4-5)c4cc(N(c5ccccc5)c5ccc(-n6c7ccccc7c7ccccc76)cc5)ccc34)cc21.c1ccc(N(c2ccc(-n3c4ccccc4c4ccccc43)cc2)c2cccc3c(-c4ccc5ccccc5c4)c4ccccc4c(-c4ccc5ccccc5c4)c23)cc1. The van der Waals surface area contributed by atoms with Gasteiger partial charge in [0.2, 0.25) is 0 Å². The summed E-state index contributed by atoms with van der Waals surface area (Å²) >= 11 is 0. The first-order valence-electron chi connectivity index (χ1n) is 45.4. The van der Waals surface area contributed by atoms with E-state index in [1.807, 2.05) is 0 Å². The maximum Gasteiger partial charge on any atom is 0.0546 e. The Labute approximate surface area is 756 Å². The maximum atomic E-state index is 2.50. The Morgan fingerprint density at radius 3 is 0.969 bits per heavy atom. The lowest BCUT2D eigenvalue weighted by atomic mass is 9.79. The molecule has 0 spiro atoms. The van der Waals surface area contributed by atoms with Gasteiger partial charge in [0.15, 0.2) is 0 Å². The Bertz CT molecular complexity index is 8620. The number of aromatic nitrogens is 2. The smallest absolute Gasteiger partial charge is 0.0546 e. The summed E-state index contributed by atoms with van der Waals surface area (Å²) in [5.74, 6) is 0. The molecule has 0 amide bonds. The molecule has 24 aromatic rings. The molecule has 0 bridgehead atoms. The first-order valence-corrected chi connectivity index (χ1v) is 45.4. The quantitative estimate of drug-likeness (QED) is 0.113. The van der Waals surface area contributed by atoms with Crippen LogP contribution in [0.15, 0.2) is 461 Å². The first kappa shape index (κ1) is 76.1. The molecule has 2 aliphatic carbocycles. The molecule has 0 N–H and O–H groups in total. The molecule has 0 atom stereocenters. The highest BCUT2D eigenvalue weighted by molar-refractivity contribution is 6.27. The van der Waals surface area contributed by atoms with E-state index in [-0.39, 0.29) is 10.8 Å². The van der Waals surface area contributed by atoms with Gasteiger partial charge in [0.25, 0.3) is 0 Å². The molecule has 2 aromatic heterocycles. The van der Waals surface area contributed by atoms with Gasteiger partial charge in [-0.2, -0.15) is 0 Å². The fourth-order valence-corrected chi connectivity index (χ4v) is 22.3. The van der Waals surface area contributed by atoms with Crippen LogP contribution >= 0.6 is 0 Å². The zero-order valence-corrected chi connectivity index (χ0v) is 72.7. The number of anilines is 6. The number of hydrogen-bond acceptors (Lipinski definition) is 2. The molecule has 612 valence electrons. The monoisotopic (exact) mass is 1660 g/mol. The van der Waals surface area contributed by atoms with Gasteiger partial charge < -0.3 is 18.9 Å². The van der Waals surface area contributed by atoms with Gasteiger partial charge >= 0.3 is 0 Å². The summed E-state index contributed by atoms with van der Waals surface area (Å²) in [4.78, 5) is 4.87. The van der Waals surface area contributed by atoms with E-state index in [1.165, 1.54) is 197 Å². The number of nitrogens with zero attached hydrogens (tertiary/aromatic N) is 4. The van der Waals surface area contributed by atoms with Crippen LogP contribution in [0.25, 0.3) is 186 Å². The van der Waals surface area contributed by atoms with Crippen LogP contribution in [0.4, 0.5) is 34.1 Å². The summed E-state index contributed by atoms with van der Waals surface area (Å²) in [6, 6.07) is 171. The molecular formula is C126H88N4. The zero-order valence-electron chi connectivity index (χ0n) is 72.7. The zero-order chi connectivity index (χ0) is 86.5. The van der Waals surface area contributed by atoms with Crippen LogP contribution in [-0.4, -0.2) is 9.13 Å². The fraction of sp³-hybridized carbons (Fsp3) is 0.0476. The van der Waals surface area contributed by atoms with E-state index in [0.29, 0.717) is 0 Å². The van der Waals surface area contributed by atoms with Crippen molar-refractivity contribution in [3.8, 4) is 78.1 Å². The minimum Gasteiger partial charge on any atom is -0.310 e. The highest BCUT2D eigenvalue weighted by atomic mass is 15.2. The van der Waals surface area contributed by atoms with E-state index in [0.717, 1.165) is 45.5 Å². The molecule has 4 heteroatoms. The Morgan fingerprint density at radius 2 is 0.500 bits per heavy atom. The molecule has 4 nitrogen and oxygen atoms in total. The molecule has 0 saturated carbocycles. The second-order valence-corrected chi connectivity index (χ2v) is 36.1.